The fourth-order valence-electron chi connectivity index (χ4n) is 2.09. The molecule has 0 bridgehead atoms. The summed E-state index contributed by atoms with van der Waals surface area (Å²) in [6.45, 7) is 2.41. The highest BCUT2D eigenvalue weighted by Crippen LogP contribution is 2.22. The third kappa shape index (κ3) is 3.57. The largest absolute Gasteiger partial charge is 0.384 e. The highest BCUT2D eigenvalue weighted by molar-refractivity contribution is 5.93. The van der Waals surface area contributed by atoms with Crippen molar-refractivity contribution in [1.29, 1.82) is 0 Å². The van der Waals surface area contributed by atoms with Crippen molar-refractivity contribution >= 4 is 11.6 Å². The van der Waals surface area contributed by atoms with Crippen LogP contribution in [0.15, 0.2) is 24.3 Å². The van der Waals surface area contributed by atoms with E-state index in [9.17, 15) is 4.79 Å². The number of carbonyl (C=O) groups excluding carboxylic acids is 1. The van der Waals surface area contributed by atoms with Crippen LogP contribution in [0.25, 0.3) is 0 Å². The van der Waals surface area contributed by atoms with Gasteiger partial charge in [-0.1, -0.05) is 11.8 Å². The Hall–Kier alpha value is -1.83. The zero-order valence-electron chi connectivity index (χ0n) is 10.8. The lowest BCUT2D eigenvalue weighted by molar-refractivity contribution is -0.121. The molecule has 1 aliphatic rings. The number of hydrogen-bond acceptors (Lipinski definition) is 3. The van der Waals surface area contributed by atoms with Crippen LogP contribution in [0, 0.1) is 17.8 Å². The minimum Gasteiger partial charge on any atom is -0.384 e. The van der Waals surface area contributed by atoms with Crippen LogP contribution in [-0.4, -0.2) is 30.3 Å². The van der Waals surface area contributed by atoms with Crippen LogP contribution in [-0.2, 0) is 9.53 Å². The van der Waals surface area contributed by atoms with Crippen LogP contribution in [0.2, 0.25) is 0 Å². The SMILES string of the molecule is CC1OCCC1C(=O)Nc1ccc(C#CCO)cc1. The summed E-state index contributed by atoms with van der Waals surface area (Å²) in [5.74, 6) is 5.31. The highest BCUT2D eigenvalue weighted by Gasteiger charge is 2.30. The summed E-state index contributed by atoms with van der Waals surface area (Å²) in [5, 5.41) is 11.5. The Labute approximate surface area is 112 Å². The zero-order chi connectivity index (χ0) is 13.7. The smallest absolute Gasteiger partial charge is 0.230 e. The molecule has 100 valence electrons. The van der Waals surface area contributed by atoms with Crippen LogP contribution in [0.4, 0.5) is 5.69 Å². The average molecular weight is 259 g/mol. The lowest BCUT2D eigenvalue weighted by Crippen LogP contribution is -2.27. The van der Waals surface area contributed by atoms with Crippen molar-refractivity contribution in [3.05, 3.63) is 29.8 Å². The number of benzene rings is 1. The lowest BCUT2D eigenvalue weighted by Gasteiger charge is -2.14. The van der Waals surface area contributed by atoms with Gasteiger partial charge in [0.25, 0.3) is 0 Å². The Balaban J connectivity index is 1.97. The van der Waals surface area contributed by atoms with Gasteiger partial charge >= 0.3 is 0 Å². The van der Waals surface area contributed by atoms with Crippen molar-refractivity contribution in [2.75, 3.05) is 18.5 Å². The van der Waals surface area contributed by atoms with Gasteiger partial charge in [-0.2, -0.15) is 0 Å². The summed E-state index contributed by atoms with van der Waals surface area (Å²) in [6, 6.07) is 7.24. The average Bonchev–Trinajstić information content (AvgIpc) is 2.84. The minimum atomic E-state index is -0.155. The molecular weight excluding hydrogens is 242 g/mol. The maximum absolute atomic E-state index is 12.0. The number of rotatable bonds is 2. The van der Waals surface area contributed by atoms with Gasteiger partial charge in [-0.25, -0.2) is 0 Å². The molecule has 0 saturated carbocycles. The molecule has 1 amide bonds. The maximum Gasteiger partial charge on any atom is 0.230 e. The number of anilines is 1. The first-order valence-electron chi connectivity index (χ1n) is 6.33. The molecule has 2 rings (SSSR count). The van der Waals surface area contributed by atoms with Crippen LogP contribution < -0.4 is 5.32 Å². The zero-order valence-corrected chi connectivity index (χ0v) is 10.8. The molecule has 2 unspecified atom stereocenters. The van der Waals surface area contributed by atoms with Crippen molar-refractivity contribution in [3.63, 3.8) is 0 Å². The Kier molecular flexibility index (Phi) is 4.56. The number of amides is 1. The van der Waals surface area contributed by atoms with Gasteiger partial charge in [-0.05, 0) is 37.6 Å². The van der Waals surface area contributed by atoms with Crippen molar-refractivity contribution < 1.29 is 14.6 Å². The Morgan fingerprint density at radius 2 is 2.21 bits per heavy atom. The third-order valence-electron chi connectivity index (χ3n) is 3.18. The lowest BCUT2D eigenvalue weighted by atomic mass is 10.0. The molecule has 4 heteroatoms. The number of aliphatic hydroxyl groups is 1. The first-order chi connectivity index (χ1) is 9.20. The standard InChI is InChI=1S/C15H17NO3/c1-11-14(8-10-19-11)15(18)16-13-6-4-12(5-7-13)3-2-9-17/h4-7,11,14,17H,8-10H2,1H3,(H,16,18). The van der Waals surface area contributed by atoms with E-state index >= 15 is 0 Å². The molecule has 1 aromatic carbocycles. The van der Waals surface area contributed by atoms with Crippen molar-refractivity contribution in [3.8, 4) is 11.8 Å². The predicted octanol–water partition coefficient (Wildman–Crippen LogP) is 1.39. The summed E-state index contributed by atoms with van der Waals surface area (Å²) in [5.41, 5.74) is 1.56. The number of hydrogen-bond donors (Lipinski definition) is 2. The van der Waals surface area contributed by atoms with Crippen LogP contribution >= 0.6 is 0 Å². The van der Waals surface area contributed by atoms with E-state index in [1.165, 1.54) is 0 Å². The van der Waals surface area contributed by atoms with E-state index < -0.39 is 0 Å². The van der Waals surface area contributed by atoms with E-state index in [2.05, 4.69) is 17.2 Å². The van der Waals surface area contributed by atoms with Crippen LogP contribution in [0.5, 0.6) is 0 Å². The van der Waals surface area contributed by atoms with E-state index in [0.29, 0.717) is 6.61 Å². The second kappa shape index (κ2) is 6.37. The van der Waals surface area contributed by atoms with Gasteiger partial charge in [-0.15, -0.1) is 0 Å². The number of aliphatic hydroxyl groups excluding tert-OH is 1. The van der Waals surface area contributed by atoms with Crippen molar-refractivity contribution in [2.24, 2.45) is 5.92 Å². The van der Waals surface area contributed by atoms with Gasteiger partial charge in [0.15, 0.2) is 0 Å². The molecule has 0 aliphatic carbocycles. The molecule has 1 aliphatic heterocycles. The normalized spacial score (nSPS) is 21.6. The Morgan fingerprint density at radius 1 is 1.47 bits per heavy atom. The summed E-state index contributed by atoms with van der Waals surface area (Å²) in [4.78, 5) is 12.0. The highest BCUT2D eigenvalue weighted by atomic mass is 16.5. The monoisotopic (exact) mass is 259 g/mol. The molecule has 2 atom stereocenters. The molecular formula is C15H17NO3. The molecule has 19 heavy (non-hydrogen) atoms. The van der Waals surface area contributed by atoms with E-state index in [-0.39, 0.29) is 24.5 Å². The molecule has 0 aromatic heterocycles. The molecule has 4 nitrogen and oxygen atoms in total. The Morgan fingerprint density at radius 3 is 2.79 bits per heavy atom. The van der Waals surface area contributed by atoms with Crippen LogP contribution in [0.1, 0.15) is 18.9 Å². The second-order valence-electron chi connectivity index (χ2n) is 4.50. The summed E-state index contributed by atoms with van der Waals surface area (Å²) >= 11 is 0. The van der Waals surface area contributed by atoms with Gasteiger partial charge in [0.05, 0.1) is 12.0 Å². The molecule has 1 saturated heterocycles. The topological polar surface area (TPSA) is 58.6 Å². The van der Waals surface area contributed by atoms with Gasteiger partial charge in [0.1, 0.15) is 6.61 Å². The van der Waals surface area contributed by atoms with Gasteiger partial charge in [-0.3, -0.25) is 4.79 Å². The summed E-state index contributed by atoms with van der Waals surface area (Å²) < 4.78 is 5.38. The van der Waals surface area contributed by atoms with E-state index in [1.54, 1.807) is 12.1 Å². The van der Waals surface area contributed by atoms with Crippen molar-refractivity contribution in [2.45, 2.75) is 19.4 Å². The number of nitrogens with one attached hydrogen (secondary N) is 1. The Bertz CT molecular complexity index is 498. The predicted molar refractivity (Wildman–Crippen MR) is 72.6 cm³/mol. The molecule has 2 N–H and O–H groups in total. The fourth-order valence-corrected chi connectivity index (χ4v) is 2.09. The quantitative estimate of drug-likeness (QED) is 0.789. The minimum absolute atomic E-state index is 0.000748. The first-order valence-corrected chi connectivity index (χ1v) is 6.33. The van der Waals surface area contributed by atoms with Crippen LogP contribution in [0.3, 0.4) is 0 Å². The molecule has 1 aromatic rings. The first kappa shape index (κ1) is 13.6. The second-order valence-corrected chi connectivity index (χ2v) is 4.50. The molecule has 0 radical (unpaired) electrons. The molecule has 1 heterocycles. The van der Waals surface area contributed by atoms with Gasteiger partial charge < -0.3 is 15.2 Å². The van der Waals surface area contributed by atoms with E-state index in [0.717, 1.165) is 17.7 Å². The fraction of sp³-hybridized carbons (Fsp3) is 0.400. The third-order valence-corrected chi connectivity index (χ3v) is 3.18. The maximum atomic E-state index is 12.0. The number of ether oxygens (including phenoxy) is 1. The molecule has 0 spiro atoms. The summed E-state index contributed by atoms with van der Waals surface area (Å²) in [6.07, 6.45) is 0.752. The number of carbonyl (C=O) groups is 1. The summed E-state index contributed by atoms with van der Waals surface area (Å²) in [7, 11) is 0. The van der Waals surface area contributed by atoms with Gasteiger partial charge in [0, 0.05) is 17.9 Å². The van der Waals surface area contributed by atoms with Crippen molar-refractivity contribution in [1.82, 2.24) is 0 Å². The molecule has 1 fully saturated rings. The van der Waals surface area contributed by atoms with E-state index in [1.807, 2.05) is 19.1 Å². The van der Waals surface area contributed by atoms with E-state index in [4.69, 9.17) is 9.84 Å². The van der Waals surface area contributed by atoms with Gasteiger partial charge in [0.2, 0.25) is 5.91 Å².